The van der Waals surface area contributed by atoms with E-state index in [0.717, 1.165) is 5.75 Å². The summed E-state index contributed by atoms with van der Waals surface area (Å²) in [7, 11) is 0. The first-order chi connectivity index (χ1) is 8.38. The molecular weight excluding hydrogens is 254 g/mol. The van der Waals surface area contributed by atoms with E-state index in [1.165, 1.54) is 6.20 Å². The molecule has 0 fully saturated rings. The number of hydrogen-bond donors (Lipinski definition) is 2. The van der Waals surface area contributed by atoms with Gasteiger partial charge in [0.15, 0.2) is 0 Å². The predicted molar refractivity (Wildman–Crippen MR) is 70.4 cm³/mol. The number of hydrogen-bond acceptors (Lipinski definition) is 5. The van der Waals surface area contributed by atoms with Crippen LogP contribution in [-0.2, 0) is 14.3 Å². The minimum absolute atomic E-state index is 0.202. The Morgan fingerprint density at radius 2 is 2.28 bits per heavy atom. The van der Waals surface area contributed by atoms with Gasteiger partial charge in [-0.15, -0.1) is 0 Å². The van der Waals surface area contributed by atoms with Crippen LogP contribution in [0.3, 0.4) is 0 Å². The maximum absolute atomic E-state index is 12.0. The van der Waals surface area contributed by atoms with E-state index in [1.54, 1.807) is 11.8 Å². The Kier molecular flexibility index (Phi) is 5.07. The average molecular weight is 273 g/mol. The fourth-order valence-electron chi connectivity index (χ4n) is 1.76. The van der Waals surface area contributed by atoms with E-state index in [4.69, 9.17) is 9.84 Å². The van der Waals surface area contributed by atoms with Crippen LogP contribution < -0.4 is 5.32 Å². The molecule has 2 N–H and O–H groups in total. The number of carboxylic acids is 1. The Balaban J connectivity index is 2.70. The van der Waals surface area contributed by atoms with Gasteiger partial charge in [0.25, 0.3) is 0 Å². The summed E-state index contributed by atoms with van der Waals surface area (Å²) in [5, 5.41) is 11.9. The first kappa shape index (κ1) is 14.9. The molecule has 102 valence electrons. The predicted octanol–water partition coefficient (Wildman–Crippen LogP) is 1.25. The Morgan fingerprint density at radius 3 is 2.83 bits per heavy atom. The lowest BCUT2D eigenvalue weighted by Crippen LogP contribution is -2.50. The van der Waals surface area contributed by atoms with Crippen molar-refractivity contribution in [1.82, 2.24) is 5.32 Å². The molecule has 0 aromatic heterocycles. The monoisotopic (exact) mass is 273 g/mol. The molecular formula is C12H19NO4S. The standard InChI is InChI=1S/C12H19NO4S/c1-12(2)9(11(16)17-4-5-18-3)6-8(7-13-12)10(14)15/h7,9,13H,4-6H2,1-3H3,(H,14,15). The average Bonchev–Trinajstić information content (AvgIpc) is 2.28. The van der Waals surface area contributed by atoms with Crippen LogP contribution in [0.5, 0.6) is 0 Å². The van der Waals surface area contributed by atoms with Crippen molar-refractivity contribution in [3.63, 3.8) is 0 Å². The van der Waals surface area contributed by atoms with Crippen molar-refractivity contribution in [1.29, 1.82) is 0 Å². The number of carbonyl (C=O) groups excluding carboxylic acids is 1. The van der Waals surface area contributed by atoms with Crippen molar-refractivity contribution in [2.75, 3.05) is 18.6 Å². The second-order valence-corrected chi connectivity index (χ2v) is 5.74. The Bertz CT molecular complexity index is 365. The van der Waals surface area contributed by atoms with Gasteiger partial charge in [0.2, 0.25) is 0 Å². The van der Waals surface area contributed by atoms with Crippen LogP contribution in [0.1, 0.15) is 20.3 Å². The third-order valence-electron chi connectivity index (χ3n) is 3.00. The van der Waals surface area contributed by atoms with Crippen LogP contribution in [0.4, 0.5) is 0 Å². The van der Waals surface area contributed by atoms with Gasteiger partial charge in [-0.2, -0.15) is 11.8 Å². The summed E-state index contributed by atoms with van der Waals surface area (Å²) in [6.45, 7) is 4.09. The molecule has 6 heteroatoms. The number of nitrogens with one attached hydrogen (secondary N) is 1. The molecule has 0 saturated heterocycles. The van der Waals surface area contributed by atoms with Gasteiger partial charge in [-0.05, 0) is 26.5 Å². The normalized spacial score (nSPS) is 21.7. The second-order valence-electron chi connectivity index (χ2n) is 4.76. The molecule has 1 aliphatic heterocycles. The molecule has 0 saturated carbocycles. The van der Waals surface area contributed by atoms with Gasteiger partial charge in [0.05, 0.1) is 11.5 Å². The van der Waals surface area contributed by atoms with Crippen molar-refractivity contribution in [3.05, 3.63) is 11.8 Å². The van der Waals surface area contributed by atoms with E-state index in [9.17, 15) is 9.59 Å². The van der Waals surface area contributed by atoms with Gasteiger partial charge < -0.3 is 15.2 Å². The Labute approximate surface area is 111 Å². The van der Waals surface area contributed by atoms with E-state index in [-0.39, 0.29) is 18.0 Å². The smallest absolute Gasteiger partial charge is 0.333 e. The number of ether oxygens (including phenoxy) is 1. The van der Waals surface area contributed by atoms with Crippen molar-refractivity contribution in [2.24, 2.45) is 5.92 Å². The maximum atomic E-state index is 12.0. The molecule has 0 spiro atoms. The molecule has 18 heavy (non-hydrogen) atoms. The molecule has 1 rings (SSSR count). The number of esters is 1. The zero-order chi connectivity index (χ0) is 13.8. The fraction of sp³-hybridized carbons (Fsp3) is 0.667. The largest absolute Gasteiger partial charge is 0.478 e. The summed E-state index contributed by atoms with van der Waals surface area (Å²) in [4.78, 5) is 22.9. The first-order valence-electron chi connectivity index (χ1n) is 5.74. The molecule has 5 nitrogen and oxygen atoms in total. The number of carboxylic acid groups (broad SMARTS) is 1. The lowest BCUT2D eigenvalue weighted by molar-refractivity contribution is -0.150. The van der Waals surface area contributed by atoms with E-state index < -0.39 is 17.4 Å². The van der Waals surface area contributed by atoms with E-state index in [0.29, 0.717) is 6.61 Å². The number of carbonyl (C=O) groups is 2. The minimum atomic E-state index is -1.00. The highest BCUT2D eigenvalue weighted by molar-refractivity contribution is 7.98. The maximum Gasteiger partial charge on any atom is 0.333 e. The topological polar surface area (TPSA) is 75.6 Å². The van der Waals surface area contributed by atoms with Crippen LogP contribution >= 0.6 is 11.8 Å². The molecule has 0 amide bonds. The summed E-state index contributed by atoms with van der Waals surface area (Å²) in [5.74, 6) is -1.07. The van der Waals surface area contributed by atoms with Crippen LogP contribution in [0.25, 0.3) is 0 Å². The third-order valence-corrected chi connectivity index (χ3v) is 3.58. The zero-order valence-electron chi connectivity index (χ0n) is 10.9. The highest BCUT2D eigenvalue weighted by Crippen LogP contribution is 2.29. The van der Waals surface area contributed by atoms with E-state index in [1.807, 2.05) is 20.1 Å². The van der Waals surface area contributed by atoms with Crippen molar-refractivity contribution >= 4 is 23.7 Å². The molecule has 0 aliphatic carbocycles. The Morgan fingerprint density at radius 1 is 1.61 bits per heavy atom. The third kappa shape index (κ3) is 3.66. The van der Waals surface area contributed by atoms with Crippen molar-refractivity contribution in [3.8, 4) is 0 Å². The van der Waals surface area contributed by atoms with Gasteiger partial charge in [0.1, 0.15) is 6.61 Å². The molecule has 0 aromatic carbocycles. The van der Waals surface area contributed by atoms with Gasteiger partial charge in [-0.1, -0.05) is 0 Å². The van der Waals surface area contributed by atoms with Crippen LogP contribution in [0.2, 0.25) is 0 Å². The molecule has 0 aromatic rings. The molecule has 1 atom stereocenters. The fourth-order valence-corrected chi connectivity index (χ4v) is 2.01. The molecule has 1 aliphatic rings. The number of aliphatic carboxylic acids is 1. The van der Waals surface area contributed by atoms with Crippen LogP contribution in [-0.4, -0.2) is 41.2 Å². The van der Waals surface area contributed by atoms with Gasteiger partial charge in [-0.3, -0.25) is 4.79 Å². The summed E-state index contributed by atoms with van der Waals surface area (Å²) < 4.78 is 5.17. The lowest BCUT2D eigenvalue weighted by Gasteiger charge is -2.36. The summed E-state index contributed by atoms with van der Waals surface area (Å²) >= 11 is 1.60. The highest BCUT2D eigenvalue weighted by Gasteiger charge is 2.40. The quantitative estimate of drug-likeness (QED) is 0.580. The van der Waals surface area contributed by atoms with E-state index in [2.05, 4.69) is 5.32 Å². The first-order valence-corrected chi connectivity index (χ1v) is 7.13. The minimum Gasteiger partial charge on any atom is -0.478 e. The van der Waals surface area contributed by atoms with Gasteiger partial charge in [-0.25, -0.2) is 4.79 Å². The molecule has 0 radical (unpaired) electrons. The van der Waals surface area contributed by atoms with Gasteiger partial charge in [0, 0.05) is 17.5 Å². The van der Waals surface area contributed by atoms with Crippen LogP contribution in [0.15, 0.2) is 11.8 Å². The Hall–Kier alpha value is -1.17. The number of rotatable bonds is 5. The van der Waals surface area contributed by atoms with Crippen molar-refractivity contribution in [2.45, 2.75) is 25.8 Å². The molecule has 0 bridgehead atoms. The summed E-state index contributed by atoms with van der Waals surface area (Å²) in [6, 6.07) is 0. The lowest BCUT2D eigenvalue weighted by atomic mass is 9.80. The van der Waals surface area contributed by atoms with Crippen LogP contribution in [0, 0.1) is 5.92 Å². The van der Waals surface area contributed by atoms with Gasteiger partial charge >= 0.3 is 11.9 Å². The van der Waals surface area contributed by atoms with E-state index >= 15 is 0 Å². The SMILES string of the molecule is CSCCOC(=O)C1CC(C(=O)O)=CNC1(C)C. The molecule has 1 unspecified atom stereocenters. The second kappa shape index (κ2) is 6.13. The summed E-state index contributed by atoms with van der Waals surface area (Å²) in [5.41, 5.74) is -0.281. The summed E-state index contributed by atoms with van der Waals surface area (Å²) in [6.07, 6.45) is 3.60. The zero-order valence-corrected chi connectivity index (χ0v) is 11.7. The number of thioether (sulfide) groups is 1. The highest BCUT2D eigenvalue weighted by atomic mass is 32.2. The van der Waals surface area contributed by atoms with Crippen molar-refractivity contribution < 1.29 is 19.4 Å². The molecule has 1 heterocycles.